The van der Waals surface area contributed by atoms with E-state index in [1.807, 2.05) is 0 Å². The van der Waals surface area contributed by atoms with Gasteiger partial charge in [-0.15, -0.1) is 0 Å². The lowest BCUT2D eigenvalue weighted by molar-refractivity contribution is -0.0652. The third-order valence-electron chi connectivity index (χ3n) is 4.23. The molecule has 1 aliphatic carbocycles. The van der Waals surface area contributed by atoms with Crippen molar-refractivity contribution in [2.45, 2.75) is 64.1 Å². The predicted octanol–water partition coefficient (Wildman–Crippen LogP) is 3.15. The first kappa shape index (κ1) is 11.4. The molecule has 15 heavy (non-hydrogen) atoms. The molecule has 1 saturated heterocycles. The zero-order chi connectivity index (χ0) is 10.7. The van der Waals surface area contributed by atoms with Gasteiger partial charge in [0.25, 0.3) is 0 Å². The van der Waals surface area contributed by atoms with Gasteiger partial charge in [-0.25, -0.2) is 0 Å². The van der Waals surface area contributed by atoms with Crippen LogP contribution >= 0.6 is 0 Å². The summed E-state index contributed by atoms with van der Waals surface area (Å²) < 4.78 is 11.3. The number of methoxy groups -OCH3 is 1. The largest absolute Gasteiger partial charge is 0.382 e. The van der Waals surface area contributed by atoms with Crippen molar-refractivity contribution in [1.29, 1.82) is 0 Å². The van der Waals surface area contributed by atoms with Gasteiger partial charge in [0.15, 0.2) is 0 Å². The fourth-order valence-corrected chi connectivity index (χ4v) is 3.21. The minimum atomic E-state index is 0.360. The Balaban J connectivity index is 1.88. The maximum Gasteiger partial charge on any atom is 0.0813 e. The van der Waals surface area contributed by atoms with E-state index in [1.54, 1.807) is 7.11 Å². The van der Waals surface area contributed by atoms with Gasteiger partial charge in [0.05, 0.1) is 18.8 Å². The third-order valence-corrected chi connectivity index (χ3v) is 4.23. The minimum absolute atomic E-state index is 0.360. The van der Waals surface area contributed by atoms with Gasteiger partial charge < -0.3 is 9.47 Å². The van der Waals surface area contributed by atoms with E-state index in [9.17, 15) is 0 Å². The minimum Gasteiger partial charge on any atom is -0.382 e. The molecule has 2 fully saturated rings. The zero-order valence-electron chi connectivity index (χ0n) is 10.1. The van der Waals surface area contributed by atoms with Crippen LogP contribution in [0.15, 0.2) is 0 Å². The Bertz CT molecular complexity index is 197. The van der Waals surface area contributed by atoms with Crippen molar-refractivity contribution in [1.82, 2.24) is 0 Å². The molecule has 2 nitrogen and oxygen atoms in total. The summed E-state index contributed by atoms with van der Waals surface area (Å²) >= 11 is 0. The Labute approximate surface area is 93.3 Å². The van der Waals surface area contributed by atoms with Crippen LogP contribution in [0.5, 0.6) is 0 Å². The Morgan fingerprint density at radius 1 is 1.20 bits per heavy atom. The zero-order valence-corrected chi connectivity index (χ0v) is 10.1. The normalized spacial score (nSPS) is 35.6. The molecule has 1 heterocycles. The van der Waals surface area contributed by atoms with E-state index >= 15 is 0 Å². The second kappa shape index (κ2) is 4.84. The number of hydrogen-bond donors (Lipinski definition) is 0. The summed E-state index contributed by atoms with van der Waals surface area (Å²) in [6.07, 6.45) is 10.2. The Hall–Kier alpha value is -0.0800. The maximum absolute atomic E-state index is 6.12. The molecule has 0 spiro atoms. The molecule has 0 aromatic carbocycles. The van der Waals surface area contributed by atoms with Gasteiger partial charge in [0.2, 0.25) is 0 Å². The first-order valence-electron chi connectivity index (χ1n) is 6.39. The maximum atomic E-state index is 6.12. The molecular formula is C13H24O2. The van der Waals surface area contributed by atoms with E-state index in [4.69, 9.17) is 9.47 Å². The van der Waals surface area contributed by atoms with Crippen LogP contribution in [0.1, 0.15) is 51.9 Å². The van der Waals surface area contributed by atoms with Gasteiger partial charge in [-0.05, 0) is 31.1 Å². The molecule has 2 heteroatoms. The Morgan fingerprint density at radius 3 is 2.60 bits per heavy atom. The lowest BCUT2D eigenvalue weighted by Gasteiger charge is -2.38. The van der Waals surface area contributed by atoms with Crippen molar-refractivity contribution in [3.8, 4) is 0 Å². The van der Waals surface area contributed by atoms with E-state index in [-0.39, 0.29) is 0 Å². The van der Waals surface area contributed by atoms with Crippen molar-refractivity contribution in [3.63, 3.8) is 0 Å². The van der Waals surface area contributed by atoms with Gasteiger partial charge in [-0.3, -0.25) is 0 Å². The van der Waals surface area contributed by atoms with Gasteiger partial charge in [0, 0.05) is 7.11 Å². The van der Waals surface area contributed by atoms with E-state index in [0.29, 0.717) is 17.6 Å². The SMILES string of the molecule is COCC1CCC(C2(C)CCCCC2)O1. The first-order chi connectivity index (χ1) is 7.24. The predicted molar refractivity (Wildman–Crippen MR) is 61.0 cm³/mol. The average Bonchev–Trinajstić information content (AvgIpc) is 2.69. The van der Waals surface area contributed by atoms with Crippen LogP contribution in [-0.4, -0.2) is 25.9 Å². The molecular weight excluding hydrogens is 188 g/mol. The molecule has 2 rings (SSSR count). The highest BCUT2D eigenvalue weighted by Gasteiger charge is 2.40. The van der Waals surface area contributed by atoms with E-state index in [1.165, 1.54) is 44.9 Å². The van der Waals surface area contributed by atoms with Crippen LogP contribution in [0.4, 0.5) is 0 Å². The lowest BCUT2D eigenvalue weighted by Crippen LogP contribution is -2.35. The monoisotopic (exact) mass is 212 g/mol. The summed E-state index contributed by atoms with van der Waals surface area (Å²) in [7, 11) is 1.76. The summed E-state index contributed by atoms with van der Waals surface area (Å²) in [5, 5.41) is 0. The molecule has 2 aliphatic rings. The van der Waals surface area contributed by atoms with Crippen LogP contribution in [-0.2, 0) is 9.47 Å². The number of hydrogen-bond acceptors (Lipinski definition) is 2. The van der Waals surface area contributed by atoms with Crippen molar-refractivity contribution in [3.05, 3.63) is 0 Å². The standard InChI is InChI=1S/C13H24O2/c1-13(8-4-3-5-9-13)12-7-6-11(15-12)10-14-2/h11-12H,3-10H2,1-2H3. The van der Waals surface area contributed by atoms with E-state index < -0.39 is 0 Å². The topological polar surface area (TPSA) is 18.5 Å². The molecule has 88 valence electrons. The summed E-state index contributed by atoms with van der Waals surface area (Å²) in [6.45, 7) is 3.19. The van der Waals surface area contributed by atoms with Gasteiger partial charge in [0.1, 0.15) is 0 Å². The molecule has 0 aromatic heterocycles. The quantitative estimate of drug-likeness (QED) is 0.715. The molecule has 1 saturated carbocycles. The van der Waals surface area contributed by atoms with Gasteiger partial charge in [-0.2, -0.15) is 0 Å². The van der Waals surface area contributed by atoms with Crippen molar-refractivity contribution >= 4 is 0 Å². The van der Waals surface area contributed by atoms with Crippen LogP contribution < -0.4 is 0 Å². The molecule has 0 aromatic rings. The van der Waals surface area contributed by atoms with Crippen LogP contribution in [0, 0.1) is 5.41 Å². The highest BCUT2D eigenvalue weighted by Crippen LogP contribution is 2.44. The molecule has 0 radical (unpaired) electrons. The van der Waals surface area contributed by atoms with Crippen molar-refractivity contribution < 1.29 is 9.47 Å². The first-order valence-corrected chi connectivity index (χ1v) is 6.39. The second-order valence-electron chi connectivity index (χ2n) is 5.49. The number of ether oxygens (including phenoxy) is 2. The Kier molecular flexibility index (Phi) is 3.68. The van der Waals surface area contributed by atoms with Crippen molar-refractivity contribution in [2.75, 3.05) is 13.7 Å². The highest BCUT2D eigenvalue weighted by atomic mass is 16.5. The van der Waals surface area contributed by atoms with Gasteiger partial charge >= 0.3 is 0 Å². The third kappa shape index (κ3) is 2.54. The number of rotatable bonds is 3. The summed E-state index contributed by atoms with van der Waals surface area (Å²) in [5.74, 6) is 0. The molecule has 0 bridgehead atoms. The summed E-state index contributed by atoms with van der Waals surface area (Å²) in [4.78, 5) is 0. The highest BCUT2D eigenvalue weighted by molar-refractivity contribution is 4.90. The van der Waals surface area contributed by atoms with Crippen LogP contribution in [0.25, 0.3) is 0 Å². The molecule has 1 aliphatic heterocycles. The average molecular weight is 212 g/mol. The molecule has 0 amide bonds. The molecule has 2 atom stereocenters. The van der Waals surface area contributed by atoms with Crippen molar-refractivity contribution in [2.24, 2.45) is 5.41 Å². The van der Waals surface area contributed by atoms with E-state index in [2.05, 4.69) is 6.92 Å². The van der Waals surface area contributed by atoms with Crippen LogP contribution in [0.2, 0.25) is 0 Å². The second-order valence-corrected chi connectivity index (χ2v) is 5.49. The summed E-state index contributed by atoms with van der Waals surface area (Å²) in [6, 6.07) is 0. The lowest BCUT2D eigenvalue weighted by atomic mass is 9.71. The smallest absolute Gasteiger partial charge is 0.0813 e. The van der Waals surface area contributed by atoms with Gasteiger partial charge in [-0.1, -0.05) is 26.2 Å². The molecule has 2 unspecified atom stereocenters. The van der Waals surface area contributed by atoms with Crippen LogP contribution in [0.3, 0.4) is 0 Å². The fourth-order valence-electron chi connectivity index (χ4n) is 3.21. The summed E-state index contributed by atoms with van der Waals surface area (Å²) in [5.41, 5.74) is 0.459. The Morgan fingerprint density at radius 2 is 1.93 bits per heavy atom. The fraction of sp³-hybridized carbons (Fsp3) is 1.00. The van der Waals surface area contributed by atoms with E-state index in [0.717, 1.165) is 6.61 Å². The molecule has 0 N–H and O–H groups in total.